The molecule has 18 heteroatoms. The van der Waals surface area contributed by atoms with Crippen LogP contribution >= 0.6 is 15.6 Å². The fraction of sp³-hybridized carbons (Fsp3) is 0.389. The summed E-state index contributed by atoms with van der Waals surface area (Å²) in [5, 5.41) is 13.3. The lowest BCUT2D eigenvalue weighted by Crippen LogP contribution is -2.25. The number of aliphatic hydroxyl groups excluding tert-OH is 1. The Balaban J connectivity index is 1.44. The summed E-state index contributed by atoms with van der Waals surface area (Å²) in [6, 6.07) is 6.74. The molecule has 0 radical (unpaired) electrons. The molecule has 3 aromatic rings. The number of benzene rings is 1. The standard InChI is InChI=1S/C18H23N5O11P2/c24-13-7-15(34-14(13)8-33-36(28,29)30)23-10-21-16-17(19-9-20-18(16)23)22-11-2-1-3-12(6-11)31-4-5-32-35(25,26)27/h1-3,6,9-10,13-15,24H,4-5,7-8H2,(H,19,20,22)(H2,25,26,27)(H2,28,29,30)/t13-,14+,15+/m0/s1. The minimum Gasteiger partial charge on any atom is -0.491 e. The van der Waals surface area contributed by atoms with Gasteiger partial charge in [-0.3, -0.25) is 13.6 Å². The first-order valence-electron chi connectivity index (χ1n) is 10.4. The molecule has 0 amide bonds. The second-order valence-corrected chi connectivity index (χ2v) is 10.1. The fourth-order valence-electron chi connectivity index (χ4n) is 3.48. The maximum atomic E-state index is 10.9. The molecule has 0 saturated carbocycles. The van der Waals surface area contributed by atoms with Crippen LogP contribution in [0.25, 0.3) is 11.2 Å². The van der Waals surface area contributed by atoms with Gasteiger partial charge in [0.05, 0.1) is 25.6 Å². The van der Waals surface area contributed by atoms with Gasteiger partial charge in [-0.1, -0.05) is 6.07 Å². The van der Waals surface area contributed by atoms with Gasteiger partial charge in [0.15, 0.2) is 17.0 Å². The van der Waals surface area contributed by atoms with Gasteiger partial charge >= 0.3 is 15.6 Å². The van der Waals surface area contributed by atoms with Crippen LogP contribution < -0.4 is 10.1 Å². The third kappa shape index (κ3) is 7.05. The Morgan fingerprint density at radius 3 is 2.61 bits per heavy atom. The number of anilines is 2. The molecule has 4 rings (SSSR count). The van der Waals surface area contributed by atoms with Crippen molar-refractivity contribution in [3.05, 3.63) is 36.9 Å². The molecule has 1 aliphatic rings. The molecule has 1 saturated heterocycles. The third-order valence-electron chi connectivity index (χ3n) is 4.99. The molecular weight excluding hydrogens is 524 g/mol. The number of hydrogen-bond acceptors (Lipinski definition) is 11. The van der Waals surface area contributed by atoms with Gasteiger partial charge in [0.2, 0.25) is 0 Å². The molecule has 0 spiro atoms. The van der Waals surface area contributed by atoms with Crippen LogP contribution in [0.3, 0.4) is 0 Å². The van der Waals surface area contributed by atoms with Gasteiger partial charge in [-0.25, -0.2) is 24.1 Å². The Morgan fingerprint density at radius 1 is 1.08 bits per heavy atom. The Bertz CT molecular complexity index is 1300. The summed E-state index contributed by atoms with van der Waals surface area (Å²) in [5.41, 5.74) is 1.37. The number of hydrogen-bond donors (Lipinski definition) is 6. The fourth-order valence-corrected chi connectivity index (χ4v) is 4.13. The van der Waals surface area contributed by atoms with Gasteiger partial charge in [-0.2, -0.15) is 0 Å². The second-order valence-electron chi connectivity index (χ2n) is 7.59. The molecule has 3 atom stereocenters. The number of aliphatic hydroxyl groups is 1. The van der Waals surface area contributed by atoms with Crippen molar-refractivity contribution in [1.82, 2.24) is 19.5 Å². The van der Waals surface area contributed by atoms with E-state index in [4.69, 9.17) is 29.0 Å². The van der Waals surface area contributed by atoms with Crippen molar-refractivity contribution in [3.8, 4) is 5.75 Å². The van der Waals surface area contributed by atoms with Gasteiger partial charge < -0.3 is 39.5 Å². The van der Waals surface area contributed by atoms with Crippen molar-refractivity contribution < 1.29 is 52.3 Å². The highest BCUT2D eigenvalue weighted by Crippen LogP contribution is 2.39. The number of phosphoric ester groups is 2. The summed E-state index contributed by atoms with van der Waals surface area (Å²) in [6.45, 7) is -0.861. The van der Waals surface area contributed by atoms with E-state index in [2.05, 4.69) is 29.3 Å². The normalized spacial score (nSPS) is 20.6. The minimum absolute atomic E-state index is 0.0792. The van der Waals surface area contributed by atoms with Gasteiger partial charge in [-0.05, 0) is 12.1 Å². The molecule has 0 bridgehead atoms. The van der Waals surface area contributed by atoms with Gasteiger partial charge in [0.1, 0.15) is 31.0 Å². The van der Waals surface area contributed by atoms with Crippen LogP contribution in [0, 0.1) is 0 Å². The number of nitrogens with one attached hydrogen (secondary N) is 1. The first-order valence-corrected chi connectivity index (χ1v) is 13.5. The molecule has 3 heterocycles. The predicted molar refractivity (Wildman–Crippen MR) is 121 cm³/mol. The molecule has 0 unspecified atom stereocenters. The molecular formula is C18H23N5O11P2. The van der Waals surface area contributed by atoms with Crippen molar-refractivity contribution in [2.75, 3.05) is 25.1 Å². The Hall–Kier alpha value is -2.49. The smallest absolute Gasteiger partial charge is 0.469 e. The number of imidazole rings is 1. The molecule has 1 aliphatic heterocycles. The summed E-state index contributed by atoms with van der Waals surface area (Å²) in [6.07, 6.45) is 0.211. The highest BCUT2D eigenvalue weighted by atomic mass is 31.2. The summed E-state index contributed by atoms with van der Waals surface area (Å²) in [7, 11) is -9.27. The summed E-state index contributed by atoms with van der Waals surface area (Å²) >= 11 is 0. The van der Waals surface area contributed by atoms with E-state index in [0.717, 1.165) is 0 Å². The molecule has 0 aliphatic carbocycles. The van der Waals surface area contributed by atoms with Crippen LogP contribution in [0.5, 0.6) is 5.75 Å². The largest absolute Gasteiger partial charge is 0.491 e. The van der Waals surface area contributed by atoms with Crippen molar-refractivity contribution in [3.63, 3.8) is 0 Å². The molecule has 1 aromatic carbocycles. The van der Waals surface area contributed by atoms with Crippen LogP contribution in [0.1, 0.15) is 12.6 Å². The lowest BCUT2D eigenvalue weighted by Gasteiger charge is -2.16. The van der Waals surface area contributed by atoms with E-state index in [1.807, 2.05) is 0 Å². The van der Waals surface area contributed by atoms with E-state index < -0.39 is 40.7 Å². The SMILES string of the molecule is O=P(O)(O)OCCOc1cccc(Nc2ncnc3c2ncn3[C@H]2C[C@H](O)[C@@H](COP(=O)(O)O)O2)c1. The van der Waals surface area contributed by atoms with Gasteiger partial charge in [-0.15, -0.1) is 0 Å². The average molecular weight is 547 g/mol. The maximum absolute atomic E-state index is 10.9. The average Bonchev–Trinajstić information content (AvgIpc) is 3.38. The van der Waals surface area contributed by atoms with E-state index in [-0.39, 0.29) is 19.6 Å². The quantitative estimate of drug-likeness (QED) is 0.144. The lowest BCUT2D eigenvalue weighted by molar-refractivity contribution is -0.0424. The van der Waals surface area contributed by atoms with Crippen molar-refractivity contribution >= 4 is 38.3 Å². The molecule has 36 heavy (non-hydrogen) atoms. The van der Waals surface area contributed by atoms with E-state index >= 15 is 0 Å². The van der Waals surface area contributed by atoms with Crippen LogP contribution in [-0.4, -0.2) is 76.2 Å². The van der Waals surface area contributed by atoms with E-state index in [1.54, 1.807) is 28.8 Å². The highest BCUT2D eigenvalue weighted by Gasteiger charge is 2.37. The summed E-state index contributed by atoms with van der Waals surface area (Å²) in [5.74, 6) is 0.780. The first kappa shape index (κ1) is 26.6. The summed E-state index contributed by atoms with van der Waals surface area (Å²) in [4.78, 5) is 48.0. The monoisotopic (exact) mass is 547 g/mol. The second kappa shape index (κ2) is 10.9. The Kier molecular flexibility index (Phi) is 8.02. The van der Waals surface area contributed by atoms with Gasteiger partial charge in [0, 0.05) is 18.2 Å². The number of rotatable bonds is 11. The van der Waals surface area contributed by atoms with E-state index in [0.29, 0.717) is 28.4 Å². The number of fused-ring (bicyclic) bond motifs is 1. The van der Waals surface area contributed by atoms with Crippen LogP contribution in [0.4, 0.5) is 11.5 Å². The van der Waals surface area contributed by atoms with E-state index in [9.17, 15) is 14.2 Å². The molecule has 16 nitrogen and oxygen atoms in total. The predicted octanol–water partition coefficient (Wildman–Crippen LogP) is 0.816. The van der Waals surface area contributed by atoms with Crippen molar-refractivity contribution in [2.45, 2.75) is 24.9 Å². The zero-order valence-electron chi connectivity index (χ0n) is 18.4. The zero-order valence-corrected chi connectivity index (χ0v) is 20.2. The van der Waals surface area contributed by atoms with Crippen molar-refractivity contribution in [2.24, 2.45) is 0 Å². The van der Waals surface area contributed by atoms with Crippen LogP contribution in [-0.2, 0) is 22.9 Å². The topological polar surface area (TPSA) is 228 Å². The number of aromatic nitrogens is 4. The molecule has 1 fully saturated rings. The van der Waals surface area contributed by atoms with Crippen molar-refractivity contribution in [1.29, 1.82) is 0 Å². The Labute approximate surface area is 203 Å². The van der Waals surface area contributed by atoms with Crippen LogP contribution in [0.15, 0.2) is 36.9 Å². The molecule has 2 aromatic heterocycles. The first-order chi connectivity index (χ1) is 17.0. The van der Waals surface area contributed by atoms with E-state index in [1.165, 1.54) is 12.7 Å². The minimum atomic E-state index is -4.71. The molecule has 196 valence electrons. The highest BCUT2D eigenvalue weighted by molar-refractivity contribution is 7.46. The summed E-state index contributed by atoms with van der Waals surface area (Å²) < 4.78 is 43.2. The Morgan fingerprint density at radius 2 is 1.86 bits per heavy atom. The number of phosphoric acid groups is 2. The third-order valence-corrected chi connectivity index (χ3v) is 5.99. The van der Waals surface area contributed by atoms with Crippen LogP contribution in [0.2, 0.25) is 0 Å². The number of nitrogens with zero attached hydrogens (tertiary/aromatic N) is 4. The zero-order chi connectivity index (χ0) is 25.9. The maximum Gasteiger partial charge on any atom is 0.469 e. The lowest BCUT2D eigenvalue weighted by atomic mass is 10.2. The molecule has 6 N–H and O–H groups in total. The number of ether oxygens (including phenoxy) is 2. The van der Waals surface area contributed by atoms with Gasteiger partial charge in [0.25, 0.3) is 0 Å².